The first-order valence-corrected chi connectivity index (χ1v) is 25.5. The predicted molar refractivity (Wildman–Crippen MR) is 234 cm³/mol. The summed E-state index contributed by atoms with van der Waals surface area (Å²) < 4.78 is 33.3. The van der Waals surface area contributed by atoms with Crippen LogP contribution in [0.15, 0.2) is 0 Å². The second-order valence-corrected chi connectivity index (χ2v) is 17.8. The number of hydrogen-bond donors (Lipinski definition) is 2. The van der Waals surface area contributed by atoms with Gasteiger partial charge >= 0.3 is 19.8 Å². The van der Waals surface area contributed by atoms with Crippen molar-refractivity contribution in [3.05, 3.63) is 0 Å². The van der Waals surface area contributed by atoms with E-state index in [1.807, 2.05) is 0 Å². The molecule has 0 fully saturated rings. The van der Waals surface area contributed by atoms with Gasteiger partial charge in [-0.25, -0.2) is 4.57 Å². The van der Waals surface area contributed by atoms with Gasteiger partial charge in [-0.2, -0.15) is 0 Å². The van der Waals surface area contributed by atoms with Crippen LogP contribution in [0.4, 0.5) is 0 Å². The molecule has 0 aliphatic rings. The normalized spacial score (nSPS) is 13.1. The predicted octanol–water partition coefficient (Wildman–Crippen LogP) is 13.9. The molecule has 0 amide bonds. The van der Waals surface area contributed by atoms with Crippen molar-refractivity contribution in [1.82, 2.24) is 5.32 Å². The summed E-state index contributed by atoms with van der Waals surface area (Å²) in [5, 5.41) is 2.83. The second kappa shape index (κ2) is 43.6. The Morgan fingerprint density at radius 2 is 0.804 bits per heavy atom. The first-order chi connectivity index (χ1) is 27.3. The van der Waals surface area contributed by atoms with Crippen molar-refractivity contribution in [3.63, 3.8) is 0 Å². The molecule has 0 saturated carbocycles. The number of carbonyl (C=O) groups excluding carboxylic acids is 2. The molecule has 0 rings (SSSR count). The maximum atomic E-state index is 12.7. The van der Waals surface area contributed by atoms with Gasteiger partial charge in [0.1, 0.15) is 6.61 Å². The molecule has 56 heavy (non-hydrogen) atoms. The minimum absolute atomic E-state index is 0.0116. The minimum atomic E-state index is -4.34. The molecular weight excluding hydrogens is 725 g/mol. The highest BCUT2D eigenvalue weighted by Gasteiger charge is 2.26. The molecule has 0 aromatic heterocycles. The zero-order valence-electron chi connectivity index (χ0n) is 37.1. The van der Waals surface area contributed by atoms with Crippen LogP contribution in [0, 0.1) is 0 Å². The van der Waals surface area contributed by atoms with Gasteiger partial charge in [-0.3, -0.25) is 18.6 Å². The highest BCUT2D eigenvalue weighted by Crippen LogP contribution is 2.43. The van der Waals surface area contributed by atoms with Crippen LogP contribution in [0.25, 0.3) is 0 Å². The van der Waals surface area contributed by atoms with Gasteiger partial charge in [0, 0.05) is 19.4 Å². The van der Waals surface area contributed by atoms with E-state index >= 15 is 0 Å². The van der Waals surface area contributed by atoms with Gasteiger partial charge in [0.05, 0.1) is 13.2 Å². The van der Waals surface area contributed by atoms with Crippen LogP contribution in [0.1, 0.15) is 245 Å². The molecule has 0 aliphatic carbocycles. The zero-order valence-corrected chi connectivity index (χ0v) is 38.0. The summed E-state index contributed by atoms with van der Waals surface area (Å²) in [6, 6.07) is 0. The highest BCUT2D eigenvalue weighted by atomic mass is 31.2. The molecule has 0 radical (unpaired) electrons. The average Bonchev–Trinajstić information content (AvgIpc) is 3.18. The van der Waals surface area contributed by atoms with Crippen molar-refractivity contribution in [2.75, 3.05) is 33.4 Å². The lowest BCUT2D eigenvalue weighted by Crippen LogP contribution is -2.29. The van der Waals surface area contributed by atoms with Gasteiger partial charge in [0.15, 0.2) is 6.10 Å². The molecule has 0 aliphatic heterocycles. The van der Waals surface area contributed by atoms with Gasteiger partial charge < -0.3 is 19.7 Å². The Kier molecular flexibility index (Phi) is 42.8. The molecule has 2 N–H and O–H groups in total. The fourth-order valence-electron chi connectivity index (χ4n) is 7.09. The Bertz CT molecular complexity index is 891. The number of esters is 2. The third-order valence-electron chi connectivity index (χ3n) is 10.7. The maximum absolute atomic E-state index is 12.7. The summed E-state index contributed by atoms with van der Waals surface area (Å²) in [6.07, 6.45) is 42.9. The third kappa shape index (κ3) is 42.6. The topological polar surface area (TPSA) is 120 Å². The first-order valence-electron chi connectivity index (χ1n) is 24.0. The highest BCUT2D eigenvalue weighted by molar-refractivity contribution is 7.47. The number of nitrogens with one attached hydrogen (secondary N) is 1. The van der Waals surface area contributed by atoms with Crippen LogP contribution >= 0.6 is 7.82 Å². The van der Waals surface area contributed by atoms with Crippen molar-refractivity contribution in [1.29, 1.82) is 0 Å². The smallest absolute Gasteiger partial charge is 0.462 e. The van der Waals surface area contributed by atoms with E-state index in [1.165, 1.54) is 180 Å². The van der Waals surface area contributed by atoms with Crippen LogP contribution in [-0.4, -0.2) is 56.3 Å². The zero-order chi connectivity index (χ0) is 41.1. The van der Waals surface area contributed by atoms with Gasteiger partial charge in [-0.15, -0.1) is 0 Å². The van der Waals surface area contributed by atoms with E-state index in [2.05, 4.69) is 19.2 Å². The molecule has 10 heteroatoms. The molecular formula is C46H92NO8P. The van der Waals surface area contributed by atoms with E-state index in [0.29, 0.717) is 13.0 Å². The molecule has 334 valence electrons. The van der Waals surface area contributed by atoms with Crippen molar-refractivity contribution < 1.29 is 37.6 Å². The van der Waals surface area contributed by atoms with E-state index in [1.54, 1.807) is 7.05 Å². The summed E-state index contributed by atoms with van der Waals surface area (Å²) in [5.41, 5.74) is 0. The number of likely N-dealkylation sites (N-methyl/N-ethyl adjacent to an activating group) is 1. The van der Waals surface area contributed by atoms with Crippen LogP contribution < -0.4 is 5.32 Å². The molecule has 0 aromatic rings. The van der Waals surface area contributed by atoms with Crippen molar-refractivity contribution in [2.24, 2.45) is 0 Å². The molecule has 0 aromatic carbocycles. The Morgan fingerprint density at radius 1 is 0.482 bits per heavy atom. The van der Waals surface area contributed by atoms with Crippen LogP contribution in [0.2, 0.25) is 0 Å². The number of ether oxygens (including phenoxy) is 2. The number of phosphoric acid groups is 1. The van der Waals surface area contributed by atoms with E-state index in [0.717, 1.165) is 38.5 Å². The van der Waals surface area contributed by atoms with E-state index in [4.69, 9.17) is 18.5 Å². The lowest BCUT2D eigenvalue weighted by Gasteiger charge is -2.20. The fourth-order valence-corrected chi connectivity index (χ4v) is 7.84. The molecule has 0 saturated heterocycles. The first kappa shape index (κ1) is 55.0. The summed E-state index contributed by atoms with van der Waals surface area (Å²) in [5.74, 6) is -0.788. The second-order valence-electron chi connectivity index (χ2n) is 16.3. The molecule has 2 atom stereocenters. The lowest BCUT2D eigenvalue weighted by atomic mass is 10.0. The minimum Gasteiger partial charge on any atom is -0.462 e. The molecule has 0 heterocycles. The Labute approximate surface area is 346 Å². The number of phosphoric ester groups is 1. The van der Waals surface area contributed by atoms with Gasteiger partial charge in [-0.05, 0) is 19.9 Å². The standard InChI is InChI=1S/C46H92NO8P/c1-4-6-8-10-12-14-16-18-19-20-21-22-23-24-25-27-29-31-33-35-37-39-46(49)55-44(43-54-56(50,51)53-41-40-47-3)42-52-45(48)38-36-34-32-30-28-26-17-15-13-11-9-7-5-2/h44,47H,4-43H2,1-3H3,(H,50,51). The number of carbonyl (C=O) groups is 2. The quantitative estimate of drug-likeness (QED) is 0.0351. The van der Waals surface area contributed by atoms with Crippen molar-refractivity contribution in [3.8, 4) is 0 Å². The number of rotatable bonds is 46. The SMILES string of the molecule is CCCCCCCCCCCCCCCCCCCCCCCC(=O)OC(COC(=O)CCCCCCCCCCCCCCC)COP(=O)(O)OCCNC. The summed E-state index contributed by atoms with van der Waals surface area (Å²) >= 11 is 0. The third-order valence-corrected chi connectivity index (χ3v) is 11.7. The average molecular weight is 818 g/mol. The fraction of sp³-hybridized carbons (Fsp3) is 0.957. The largest absolute Gasteiger partial charge is 0.472 e. The van der Waals surface area contributed by atoms with Gasteiger partial charge in [-0.1, -0.05) is 219 Å². The molecule has 0 bridgehead atoms. The van der Waals surface area contributed by atoms with Crippen molar-refractivity contribution in [2.45, 2.75) is 251 Å². The van der Waals surface area contributed by atoms with Crippen LogP contribution in [0.5, 0.6) is 0 Å². The van der Waals surface area contributed by atoms with Gasteiger partial charge in [0.25, 0.3) is 0 Å². The molecule has 9 nitrogen and oxygen atoms in total. The lowest BCUT2D eigenvalue weighted by molar-refractivity contribution is -0.161. The summed E-state index contributed by atoms with van der Waals surface area (Å²) in [4.78, 5) is 35.1. The molecule has 2 unspecified atom stereocenters. The van der Waals surface area contributed by atoms with Crippen molar-refractivity contribution >= 4 is 19.8 Å². The Hall–Kier alpha value is -0.990. The Morgan fingerprint density at radius 3 is 1.14 bits per heavy atom. The number of hydrogen-bond acceptors (Lipinski definition) is 8. The summed E-state index contributed by atoms with van der Waals surface area (Å²) in [7, 11) is -2.64. The van der Waals surface area contributed by atoms with Gasteiger partial charge in [0.2, 0.25) is 0 Å². The van der Waals surface area contributed by atoms with E-state index in [-0.39, 0.29) is 25.6 Å². The molecule has 0 spiro atoms. The number of unbranched alkanes of at least 4 members (excludes halogenated alkanes) is 32. The monoisotopic (exact) mass is 818 g/mol. The summed E-state index contributed by atoms with van der Waals surface area (Å²) in [6.45, 7) is 4.28. The Balaban J connectivity index is 4.07. The maximum Gasteiger partial charge on any atom is 0.472 e. The van der Waals surface area contributed by atoms with Crippen LogP contribution in [0.3, 0.4) is 0 Å². The van der Waals surface area contributed by atoms with Crippen LogP contribution in [-0.2, 0) is 32.7 Å². The van der Waals surface area contributed by atoms with E-state index in [9.17, 15) is 19.0 Å². The van der Waals surface area contributed by atoms with E-state index < -0.39 is 26.5 Å².